The third-order valence-corrected chi connectivity index (χ3v) is 4.50. The van der Waals surface area contributed by atoms with Gasteiger partial charge in [-0.25, -0.2) is 4.68 Å². The van der Waals surface area contributed by atoms with E-state index in [9.17, 15) is 5.11 Å². The highest BCUT2D eigenvalue weighted by Crippen LogP contribution is 2.30. The maximum Gasteiger partial charge on any atom is 0.124 e. The van der Waals surface area contributed by atoms with Crippen LogP contribution in [0.1, 0.15) is 37.6 Å². The van der Waals surface area contributed by atoms with Crippen molar-refractivity contribution in [2.24, 2.45) is 0 Å². The van der Waals surface area contributed by atoms with Crippen molar-refractivity contribution in [3.8, 4) is 11.8 Å². The van der Waals surface area contributed by atoms with Crippen molar-refractivity contribution in [1.29, 1.82) is 5.26 Å². The highest BCUT2D eigenvalue weighted by Gasteiger charge is 2.40. The Morgan fingerprint density at radius 2 is 2.12 bits per heavy atom. The molecule has 2 aromatic rings. The van der Waals surface area contributed by atoms with Crippen molar-refractivity contribution in [2.75, 3.05) is 26.2 Å². The predicted molar refractivity (Wildman–Crippen MR) is 92.0 cm³/mol. The molecular weight excluding hydrogens is 318 g/mol. The summed E-state index contributed by atoms with van der Waals surface area (Å²) in [5.74, 6) is 0.744. The number of aromatic nitrogens is 3. The highest BCUT2D eigenvalue weighted by atomic mass is 16.5. The molecule has 1 aliphatic heterocycles. The summed E-state index contributed by atoms with van der Waals surface area (Å²) in [6.45, 7) is 6.64. The van der Waals surface area contributed by atoms with Crippen molar-refractivity contribution in [3.05, 3.63) is 41.7 Å². The molecule has 0 aliphatic carbocycles. The predicted octanol–water partition coefficient (Wildman–Crippen LogP) is 1.70. The molecular formula is C18H23N5O2. The number of hydrogen-bond acceptors (Lipinski definition) is 6. The third kappa shape index (κ3) is 3.98. The largest absolute Gasteiger partial charge is 0.492 e. The summed E-state index contributed by atoms with van der Waals surface area (Å²) in [5, 5.41) is 27.9. The summed E-state index contributed by atoms with van der Waals surface area (Å²) in [6, 6.07) is 9.37. The molecule has 0 amide bonds. The van der Waals surface area contributed by atoms with Gasteiger partial charge in [0.1, 0.15) is 23.7 Å². The van der Waals surface area contributed by atoms with Gasteiger partial charge in [-0.1, -0.05) is 5.21 Å². The molecule has 1 unspecified atom stereocenters. The van der Waals surface area contributed by atoms with Gasteiger partial charge in [0.25, 0.3) is 0 Å². The molecule has 0 saturated carbocycles. The van der Waals surface area contributed by atoms with Gasteiger partial charge >= 0.3 is 0 Å². The molecule has 2 heterocycles. The Kier molecular flexibility index (Phi) is 5.02. The van der Waals surface area contributed by atoms with Crippen molar-refractivity contribution in [2.45, 2.75) is 31.9 Å². The Labute approximate surface area is 147 Å². The molecule has 0 spiro atoms. The molecule has 0 radical (unpaired) electrons. The van der Waals surface area contributed by atoms with Gasteiger partial charge < -0.3 is 9.84 Å². The van der Waals surface area contributed by atoms with Crippen LogP contribution >= 0.6 is 0 Å². The molecule has 7 nitrogen and oxygen atoms in total. The number of β-amino-alcohol motifs (C(OH)–C–C–N with tert-alkyl or cyclic N) is 1. The van der Waals surface area contributed by atoms with E-state index in [4.69, 9.17) is 10.00 Å². The minimum Gasteiger partial charge on any atom is -0.492 e. The summed E-state index contributed by atoms with van der Waals surface area (Å²) in [5.41, 5.74) is 0.310. The van der Waals surface area contributed by atoms with Gasteiger partial charge in [0, 0.05) is 25.7 Å². The molecule has 1 N–H and O–H groups in total. The van der Waals surface area contributed by atoms with E-state index in [0.29, 0.717) is 30.8 Å². The lowest BCUT2D eigenvalue weighted by Gasteiger charge is -2.21. The number of likely N-dealkylation sites (tertiary alicyclic amines) is 1. The number of ether oxygens (including phenoxy) is 1. The van der Waals surface area contributed by atoms with E-state index in [-0.39, 0.29) is 6.04 Å². The first-order valence-corrected chi connectivity index (χ1v) is 8.50. The maximum atomic E-state index is 10.9. The van der Waals surface area contributed by atoms with E-state index in [2.05, 4.69) is 21.3 Å². The molecule has 3 rings (SSSR count). The fourth-order valence-corrected chi connectivity index (χ4v) is 2.93. The zero-order valence-electron chi connectivity index (χ0n) is 14.6. The molecule has 1 aliphatic rings. The Bertz CT molecular complexity index is 750. The van der Waals surface area contributed by atoms with Crippen molar-refractivity contribution >= 4 is 0 Å². The van der Waals surface area contributed by atoms with Crippen molar-refractivity contribution < 1.29 is 9.84 Å². The monoisotopic (exact) mass is 341 g/mol. The molecule has 7 heteroatoms. The highest BCUT2D eigenvalue weighted by molar-refractivity contribution is 5.34. The van der Waals surface area contributed by atoms with Crippen LogP contribution in [0, 0.1) is 11.3 Å². The van der Waals surface area contributed by atoms with Crippen LogP contribution in [0.15, 0.2) is 30.5 Å². The van der Waals surface area contributed by atoms with Crippen LogP contribution in [0.4, 0.5) is 0 Å². The molecule has 25 heavy (non-hydrogen) atoms. The topological polar surface area (TPSA) is 87.2 Å². The fraction of sp³-hybridized carbons (Fsp3) is 0.500. The number of aliphatic hydroxyl groups is 1. The van der Waals surface area contributed by atoms with Gasteiger partial charge in [-0.15, -0.1) is 5.10 Å². The molecule has 132 valence electrons. The molecule has 1 aromatic carbocycles. The third-order valence-electron chi connectivity index (χ3n) is 4.50. The smallest absolute Gasteiger partial charge is 0.124 e. The van der Waals surface area contributed by atoms with Crippen LogP contribution < -0.4 is 4.74 Å². The van der Waals surface area contributed by atoms with Gasteiger partial charge in [0.2, 0.25) is 0 Å². The van der Waals surface area contributed by atoms with Gasteiger partial charge in [-0.05, 0) is 44.5 Å². The number of hydrogen-bond donors (Lipinski definition) is 1. The summed E-state index contributed by atoms with van der Waals surface area (Å²) >= 11 is 0. The summed E-state index contributed by atoms with van der Waals surface area (Å²) in [6.07, 6.45) is 2.47. The fourth-order valence-electron chi connectivity index (χ4n) is 2.93. The minimum atomic E-state index is -0.943. The van der Waals surface area contributed by atoms with Crippen molar-refractivity contribution in [3.63, 3.8) is 0 Å². The standard InChI is InChI=1S/C18H23N5O2/c1-14(2)23-12-17(20-21-23)18(24)7-8-22(13-18)9-10-25-16-5-3-15(11-19)4-6-16/h3-6,12,14,24H,7-10,13H2,1-2H3. The SMILES string of the molecule is CC(C)n1cc(C2(O)CCN(CCOc3ccc(C#N)cc3)C2)nn1. The lowest BCUT2D eigenvalue weighted by molar-refractivity contribution is 0.0403. The average molecular weight is 341 g/mol. The second-order valence-corrected chi connectivity index (χ2v) is 6.72. The lowest BCUT2D eigenvalue weighted by atomic mass is 10.00. The van der Waals surface area contributed by atoms with Crippen LogP contribution in [0.25, 0.3) is 0 Å². The Balaban J connectivity index is 1.51. The van der Waals surface area contributed by atoms with Crippen LogP contribution in [0.3, 0.4) is 0 Å². The van der Waals surface area contributed by atoms with E-state index in [1.165, 1.54) is 0 Å². The molecule has 1 aromatic heterocycles. The minimum absolute atomic E-state index is 0.225. The normalized spacial score (nSPS) is 20.8. The van der Waals surface area contributed by atoms with E-state index in [1.54, 1.807) is 28.9 Å². The molecule has 0 bridgehead atoms. The van der Waals surface area contributed by atoms with Crippen LogP contribution in [0.2, 0.25) is 0 Å². The Morgan fingerprint density at radius 3 is 2.76 bits per heavy atom. The van der Waals surface area contributed by atoms with Crippen LogP contribution in [-0.4, -0.2) is 51.2 Å². The zero-order chi connectivity index (χ0) is 17.9. The summed E-state index contributed by atoms with van der Waals surface area (Å²) < 4.78 is 7.48. The average Bonchev–Trinajstić information content (AvgIpc) is 3.24. The summed E-state index contributed by atoms with van der Waals surface area (Å²) in [7, 11) is 0. The molecule has 1 atom stereocenters. The number of benzene rings is 1. The van der Waals surface area contributed by atoms with Crippen LogP contribution in [-0.2, 0) is 5.60 Å². The number of nitrogens with zero attached hydrogens (tertiary/aromatic N) is 5. The lowest BCUT2D eigenvalue weighted by Crippen LogP contribution is -2.33. The van der Waals surface area contributed by atoms with Gasteiger partial charge in [0.15, 0.2) is 0 Å². The Hall–Kier alpha value is -2.43. The van der Waals surface area contributed by atoms with E-state index >= 15 is 0 Å². The van der Waals surface area contributed by atoms with Crippen LogP contribution in [0.5, 0.6) is 5.75 Å². The number of rotatable bonds is 6. The first kappa shape index (κ1) is 17.4. The number of nitriles is 1. The second-order valence-electron chi connectivity index (χ2n) is 6.72. The molecule has 1 fully saturated rings. The second kappa shape index (κ2) is 7.21. The quantitative estimate of drug-likeness (QED) is 0.860. The van der Waals surface area contributed by atoms with Gasteiger partial charge in [0.05, 0.1) is 17.8 Å². The first-order valence-electron chi connectivity index (χ1n) is 8.50. The van der Waals surface area contributed by atoms with Gasteiger partial charge in [-0.2, -0.15) is 5.26 Å². The Morgan fingerprint density at radius 1 is 1.36 bits per heavy atom. The summed E-state index contributed by atoms with van der Waals surface area (Å²) in [4.78, 5) is 2.16. The van der Waals surface area contributed by atoms with Crippen molar-refractivity contribution in [1.82, 2.24) is 19.9 Å². The first-order chi connectivity index (χ1) is 12.0. The molecule has 1 saturated heterocycles. The van der Waals surface area contributed by atoms with Gasteiger partial charge in [-0.3, -0.25) is 4.90 Å². The van der Waals surface area contributed by atoms with E-state index in [0.717, 1.165) is 18.8 Å². The maximum absolute atomic E-state index is 10.9. The van der Waals surface area contributed by atoms with E-state index < -0.39 is 5.60 Å². The van der Waals surface area contributed by atoms with E-state index in [1.807, 2.05) is 20.0 Å². The zero-order valence-corrected chi connectivity index (χ0v) is 14.6.